The minimum atomic E-state index is -0.336. The van der Waals surface area contributed by atoms with Gasteiger partial charge >= 0.3 is 5.97 Å². The molecular formula is C21H22N2O3S. The Hall–Kier alpha value is -2.08. The molecule has 27 heavy (non-hydrogen) atoms. The van der Waals surface area contributed by atoms with Gasteiger partial charge in [0.25, 0.3) is 5.56 Å². The molecule has 1 spiro atoms. The Kier molecular flexibility index (Phi) is 3.93. The maximum atomic E-state index is 13.1. The van der Waals surface area contributed by atoms with Gasteiger partial charge in [0.2, 0.25) is 0 Å². The zero-order chi connectivity index (χ0) is 18.6. The monoisotopic (exact) mass is 382 g/mol. The number of rotatable bonds is 2. The summed E-state index contributed by atoms with van der Waals surface area (Å²) in [5.74, 6) is -0.228. The number of esters is 1. The van der Waals surface area contributed by atoms with E-state index in [0.717, 1.165) is 48.9 Å². The van der Waals surface area contributed by atoms with Gasteiger partial charge < -0.3 is 9.30 Å². The van der Waals surface area contributed by atoms with E-state index in [-0.39, 0.29) is 22.2 Å². The van der Waals surface area contributed by atoms with Crippen LogP contribution in [0, 0.1) is 0 Å². The van der Waals surface area contributed by atoms with Gasteiger partial charge in [-0.2, -0.15) is 4.98 Å². The van der Waals surface area contributed by atoms with Crippen molar-refractivity contribution < 1.29 is 9.53 Å². The number of nitrogens with zero attached hydrogens (tertiary/aromatic N) is 2. The highest BCUT2D eigenvalue weighted by Crippen LogP contribution is 2.51. The molecule has 140 valence electrons. The van der Waals surface area contributed by atoms with E-state index in [4.69, 9.17) is 4.74 Å². The summed E-state index contributed by atoms with van der Waals surface area (Å²) in [7, 11) is 0. The zero-order valence-electron chi connectivity index (χ0n) is 15.4. The van der Waals surface area contributed by atoms with E-state index >= 15 is 0 Å². The minimum Gasteiger partial charge on any atom is -0.465 e. The van der Waals surface area contributed by atoms with Crippen molar-refractivity contribution in [1.29, 1.82) is 0 Å². The van der Waals surface area contributed by atoms with Crippen molar-refractivity contribution in [3.05, 3.63) is 45.7 Å². The van der Waals surface area contributed by atoms with Gasteiger partial charge in [-0.3, -0.25) is 9.59 Å². The van der Waals surface area contributed by atoms with Crippen LogP contribution in [0.3, 0.4) is 0 Å². The van der Waals surface area contributed by atoms with Crippen LogP contribution in [-0.2, 0) is 27.9 Å². The second kappa shape index (κ2) is 6.23. The number of thioether (sulfide) groups is 1. The molecule has 6 heteroatoms. The van der Waals surface area contributed by atoms with Crippen LogP contribution >= 0.6 is 11.8 Å². The lowest BCUT2D eigenvalue weighted by Gasteiger charge is -2.37. The molecule has 2 aliphatic carbocycles. The highest BCUT2D eigenvalue weighted by Gasteiger charge is 2.46. The van der Waals surface area contributed by atoms with Crippen molar-refractivity contribution in [1.82, 2.24) is 9.55 Å². The fourth-order valence-corrected chi connectivity index (χ4v) is 6.15. The highest BCUT2D eigenvalue weighted by atomic mass is 32.2. The summed E-state index contributed by atoms with van der Waals surface area (Å²) in [5, 5.41) is 0.304. The Morgan fingerprint density at radius 1 is 1.33 bits per heavy atom. The molecule has 1 saturated carbocycles. The summed E-state index contributed by atoms with van der Waals surface area (Å²) < 4.78 is 7.31. The van der Waals surface area contributed by atoms with Gasteiger partial charge in [-0.25, -0.2) is 0 Å². The molecule has 0 saturated heterocycles. The third-order valence-corrected chi connectivity index (χ3v) is 7.34. The lowest BCUT2D eigenvalue weighted by Crippen LogP contribution is -2.38. The molecule has 0 bridgehead atoms. The number of carbonyl (C=O) groups excluding carboxylic acids is 1. The van der Waals surface area contributed by atoms with Gasteiger partial charge in [0.15, 0.2) is 5.16 Å². The molecule has 0 radical (unpaired) electrons. The van der Waals surface area contributed by atoms with Crippen molar-refractivity contribution in [2.75, 3.05) is 6.61 Å². The van der Waals surface area contributed by atoms with Crippen LogP contribution in [-0.4, -0.2) is 27.4 Å². The Balaban J connectivity index is 1.72. The van der Waals surface area contributed by atoms with E-state index in [1.54, 1.807) is 0 Å². The highest BCUT2D eigenvalue weighted by molar-refractivity contribution is 8.00. The molecule has 1 atom stereocenters. The molecular weight excluding hydrogens is 360 g/mol. The fourth-order valence-electron chi connectivity index (χ4n) is 5.08. The first kappa shape index (κ1) is 17.0. The van der Waals surface area contributed by atoms with Gasteiger partial charge in [-0.1, -0.05) is 48.9 Å². The number of ether oxygens (including phenoxy) is 1. The van der Waals surface area contributed by atoms with Gasteiger partial charge in [-0.05, 0) is 31.7 Å². The smallest absolute Gasteiger partial charge is 0.321 e. The number of aromatic nitrogens is 2. The topological polar surface area (TPSA) is 61.2 Å². The molecule has 5 rings (SSSR count). The Morgan fingerprint density at radius 3 is 2.89 bits per heavy atom. The molecule has 2 aromatic rings. The molecule has 1 aromatic carbocycles. The quantitative estimate of drug-likeness (QED) is 0.589. The molecule has 5 nitrogen and oxygen atoms in total. The lowest BCUT2D eigenvalue weighted by atomic mass is 9.68. The van der Waals surface area contributed by atoms with Gasteiger partial charge in [0.05, 0.1) is 17.9 Å². The minimum absolute atomic E-state index is 0.0948. The molecule has 1 aromatic heterocycles. The number of hydrogen-bond donors (Lipinski definition) is 0. The number of fused-ring (bicyclic) bond motifs is 6. The lowest BCUT2D eigenvalue weighted by molar-refractivity contribution is -0.142. The van der Waals surface area contributed by atoms with Crippen molar-refractivity contribution in [2.24, 2.45) is 0 Å². The predicted octanol–water partition coefficient (Wildman–Crippen LogP) is 3.32. The third-order valence-electron chi connectivity index (χ3n) is 6.19. The molecule has 0 N–H and O–H groups in total. The van der Waals surface area contributed by atoms with Gasteiger partial charge in [0.1, 0.15) is 5.25 Å². The SMILES string of the molecule is CCOC(=O)C1Cn2c(nc(=O)c3c2-c2ccccc2CC32CCCC2)S1. The van der Waals surface area contributed by atoms with Crippen molar-refractivity contribution >= 4 is 17.7 Å². The number of benzene rings is 1. The number of carbonyl (C=O) groups is 1. The number of hydrogen-bond acceptors (Lipinski definition) is 5. The molecule has 1 unspecified atom stereocenters. The summed E-state index contributed by atoms with van der Waals surface area (Å²) in [6.07, 6.45) is 5.31. The first-order valence-corrected chi connectivity index (χ1v) is 10.6. The summed E-state index contributed by atoms with van der Waals surface area (Å²) in [6, 6.07) is 8.39. The summed E-state index contributed by atoms with van der Waals surface area (Å²) in [5.41, 5.74) is 4.10. The van der Waals surface area contributed by atoms with Gasteiger partial charge in [-0.15, -0.1) is 0 Å². The molecule has 1 aliphatic heterocycles. The molecule has 2 heterocycles. The van der Waals surface area contributed by atoms with E-state index in [9.17, 15) is 9.59 Å². The third kappa shape index (κ3) is 2.49. The van der Waals surface area contributed by atoms with E-state index < -0.39 is 0 Å². The van der Waals surface area contributed by atoms with E-state index in [0.29, 0.717) is 18.3 Å². The summed E-state index contributed by atoms with van der Waals surface area (Å²) >= 11 is 1.35. The second-order valence-electron chi connectivity index (χ2n) is 7.71. The molecule has 3 aliphatic rings. The van der Waals surface area contributed by atoms with Crippen LogP contribution in [0.4, 0.5) is 0 Å². The van der Waals surface area contributed by atoms with Crippen molar-refractivity contribution in [3.63, 3.8) is 0 Å². The van der Waals surface area contributed by atoms with E-state index in [1.165, 1.54) is 17.3 Å². The average molecular weight is 382 g/mol. The Bertz CT molecular complexity index is 991. The average Bonchev–Trinajstić information content (AvgIpc) is 3.29. The van der Waals surface area contributed by atoms with Crippen LogP contribution in [0.25, 0.3) is 11.3 Å². The van der Waals surface area contributed by atoms with Crippen molar-refractivity contribution in [2.45, 2.75) is 61.4 Å². The van der Waals surface area contributed by atoms with Crippen LogP contribution in [0.15, 0.2) is 34.2 Å². The Morgan fingerprint density at radius 2 is 2.11 bits per heavy atom. The second-order valence-corrected chi connectivity index (χ2v) is 8.88. The molecule has 0 amide bonds. The van der Waals surface area contributed by atoms with Gasteiger partial charge in [0, 0.05) is 17.5 Å². The van der Waals surface area contributed by atoms with Crippen LogP contribution in [0.2, 0.25) is 0 Å². The van der Waals surface area contributed by atoms with Crippen LogP contribution in [0.5, 0.6) is 0 Å². The van der Waals surface area contributed by atoms with E-state index in [2.05, 4.69) is 27.8 Å². The maximum Gasteiger partial charge on any atom is 0.321 e. The van der Waals surface area contributed by atoms with Crippen LogP contribution in [0.1, 0.15) is 43.7 Å². The fraction of sp³-hybridized carbons (Fsp3) is 0.476. The first-order valence-electron chi connectivity index (χ1n) is 9.70. The maximum absolute atomic E-state index is 13.1. The van der Waals surface area contributed by atoms with E-state index in [1.807, 2.05) is 13.0 Å². The predicted molar refractivity (Wildman–Crippen MR) is 104 cm³/mol. The molecule has 1 fully saturated rings. The zero-order valence-corrected chi connectivity index (χ0v) is 16.2. The normalized spacial score (nSPS) is 21.6. The largest absolute Gasteiger partial charge is 0.465 e. The first-order chi connectivity index (χ1) is 13.1. The van der Waals surface area contributed by atoms with Crippen LogP contribution < -0.4 is 5.56 Å². The standard InChI is InChI=1S/C21H22N2O3S/c1-2-26-19(25)15-12-23-17-14-8-4-3-7-13(14)11-21(9-5-6-10-21)16(17)18(24)22-20(23)27-15/h3-4,7-8,15H,2,5-6,9-12H2,1H3. The summed E-state index contributed by atoms with van der Waals surface area (Å²) in [4.78, 5) is 29.9. The Labute approximate surface area is 162 Å². The summed E-state index contributed by atoms with van der Waals surface area (Å²) in [6.45, 7) is 2.69. The van der Waals surface area contributed by atoms with Crippen molar-refractivity contribution in [3.8, 4) is 11.3 Å².